The van der Waals surface area contributed by atoms with Gasteiger partial charge in [-0.2, -0.15) is 18.3 Å². The van der Waals surface area contributed by atoms with E-state index in [2.05, 4.69) is 27.3 Å². The Morgan fingerprint density at radius 2 is 2.03 bits per heavy atom. The zero-order chi connectivity index (χ0) is 27.6. The molecule has 1 fully saturated rings. The maximum atomic E-state index is 14.7. The number of pyridine rings is 1. The molecule has 2 atom stereocenters. The number of amides is 1. The van der Waals surface area contributed by atoms with Gasteiger partial charge in [0.25, 0.3) is 5.91 Å². The van der Waals surface area contributed by atoms with Gasteiger partial charge in [-0.3, -0.25) is 9.48 Å². The van der Waals surface area contributed by atoms with Crippen LogP contribution in [0.25, 0.3) is 22.4 Å². The van der Waals surface area contributed by atoms with Crippen LogP contribution in [0.2, 0.25) is 0 Å². The summed E-state index contributed by atoms with van der Waals surface area (Å²) in [6.45, 7) is 6.13. The fourth-order valence-corrected chi connectivity index (χ4v) is 4.58. The molecule has 3 heterocycles. The van der Waals surface area contributed by atoms with E-state index in [1.54, 1.807) is 50.5 Å². The Labute approximate surface area is 218 Å². The predicted octanol–water partition coefficient (Wildman–Crippen LogP) is 4.75. The van der Waals surface area contributed by atoms with Gasteiger partial charge in [0.2, 0.25) is 0 Å². The first-order chi connectivity index (χ1) is 18.0. The molecular weight excluding hydrogens is 500 g/mol. The van der Waals surface area contributed by atoms with E-state index in [4.69, 9.17) is 0 Å². The predicted molar refractivity (Wildman–Crippen MR) is 141 cm³/mol. The number of anilines is 1. The third-order valence-electron chi connectivity index (χ3n) is 6.61. The Morgan fingerprint density at radius 3 is 2.68 bits per heavy atom. The number of halogens is 4. The number of alkyl halides is 4. The zero-order valence-electron chi connectivity index (χ0n) is 21.4. The molecule has 0 spiro atoms. The monoisotopic (exact) mass is 530 g/mol. The smallest absolute Gasteiger partial charge is 0.379 e. The average molecular weight is 531 g/mol. The molecule has 11 heteroatoms. The van der Waals surface area contributed by atoms with Gasteiger partial charge in [-0.1, -0.05) is 24.8 Å². The number of nitrogens with one attached hydrogen (secondary N) is 2. The SMILES string of the molecule is C=C(c1nc(/C=C/CNC(=O)c2c(C)cnn2C)cc2c(N[C@@H]3CCN(C)CC3F)cccc12)C(F)(F)F. The standard InChI is InChI=1S/C27H30F4N6O/c1-16-14-33-37(4)25(16)26(38)32-11-6-7-18-13-20-19(24(34-18)17(2)27(29,30)31)8-5-9-22(20)35-23-10-12-36(3)15-21(23)28/h5-9,13-14,21,23,35H,2,10-12,15H2,1,3-4H3,(H,32,38)/b7-6+/t21?,23-/m1/s1. The number of allylic oxidation sites excluding steroid dienone is 1. The fraction of sp³-hybridized carbons (Fsp3) is 0.370. The van der Waals surface area contributed by atoms with Gasteiger partial charge >= 0.3 is 6.18 Å². The van der Waals surface area contributed by atoms with Crippen LogP contribution in [-0.4, -0.2) is 70.6 Å². The van der Waals surface area contributed by atoms with E-state index in [-0.39, 0.29) is 35.8 Å². The highest BCUT2D eigenvalue weighted by Gasteiger charge is 2.35. The van der Waals surface area contributed by atoms with Crippen molar-refractivity contribution in [3.63, 3.8) is 0 Å². The third-order valence-corrected chi connectivity index (χ3v) is 6.61. The topological polar surface area (TPSA) is 75.1 Å². The lowest BCUT2D eigenvalue weighted by molar-refractivity contribution is -0.0688. The minimum Gasteiger partial charge on any atom is -0.379 e. The van der Waals surface area contributed by atoms with Crippen molar-refractivity contribution in [1.82, 2.24) is 25.0 Å². The molecule has 1 aromatic carbocycles. The molecule has 0 aliphatic carbocycles. The quantitative estimate of drug-likeness (QED) is 0.432. The Hall–Kier alpha value is -3.73. The molecule has 0 bridgehead atoms. The highest BCUT2D eigenvalue weighted by atomic mass is 19.4. The molecular formula is C27H30F4N6O. The van der Waals surface area contributed by atoms with Crippen LogP contribution in [-0.2, 0) is 7.05 Å². The number of carbonyl (C=O) groups excluding carboxylic acids is 1. The molecule has 1 aliphatic rings. The lowest BCUT2D eigenvalue weighted by Crippen LogP contribution is -2.46. The van der Waals surface area contributed by atoms with Gasteiger partial charge in [0, 0.05) is 43.1 Å². The lowest BCUT2D eigenvalue weighted by Gasteiger charge is -2.33. The molecule has 3 aromatic rings. The third kappa shape index (κ3) is 5.88. The molecule has 1 unspecified atom stereocenters. The number of aromatic nitrogens is 3. The van der Waals surface area contributed by atoms with Crippen molar-refractivity contribution in [1.29, 1.82) is 0 Å². The number of carbonyl (C=O) groups is 1. The number of benzene rings is 1. The number of fused-ring (bicyclic) bond motifs is 1. The maximum Gasteiger partial charge on any atom is 0.417 e. The van der Waals surface area contributed by atoms with Crippen LogP contribution in [0.1, 0.15) is 33.9 Å². The Bertz CT molecular complexity index is 1360. The fourth-order valence-electron chi connectivity index (χ4n) is 4.58. The largest absolute Gasteiger partial charge is 0.417 e. The minimum absolute atomic E-state index is 0.123. The number of likely N-dealkylation sites (tertiary alicyclic amines) is 1. The van der Waals surface area contributed by atoms with Gasteiger partial charge in [0.1, 0.15) is 11.9 Å². The second-order valence-corrected chi connectivity index (χ2v) is 9.50. The second-order valence-electron chi connectivity index (χ2n) is 9.50. The van der Waals surface area contributed by atoms with Crippen molar-refractivity contribution in [2.45, 2.75) is 31.7 Å². The van der Waals surface area contributed by atoms with Crippen LogP contribution in [0, 0.1) is 6.92 Å². The van der Waals surface area contributed by atoms with Crippen LogP contribution in [0.15, 0.2) is 43.1 Å². The molecule has 0 saturated carbocycles. The van der Waals surface area contributed by atoms with Gasteiger partial charge in [-0.05, 0) is 44.2 Å². The Kier molecular flexibility index (Phi) is 7.86. The van der Waals surface area contributed by atoms with Crippen molar-refractivity contribution in [3.05, 3.63) is 65.8 Å². The van der Waals surface area contributed by atoms with E-state index in [9.17, 15) is 22.4 Å². The summed E-state index contributed by atoms with van der Waals surface area (Å²) < 4.78 is 57.2. The number of aryl methyl sites for hydroxylation is 2. The summed E-state index contributed by atoms with van der Waals surface area (Å²) in [6, 6.07) is 6.07. The summed E-state index contributed by atoms with van der Waals surface area (Å²) in [5, 5.41) is 10.7. The van der Waals surface area contributed by atoms with E-state index in [1.165, 1.54) is 10.8 Å². The lowest BCUT2D eigenvalue weighted by atomic mass is 9.99. The normalized spacial score (nSPS) is 18.7. The first-order valence-electron chi connectivity index (χ1n) is 12.2. The molecule has 7 nitrogen and oxygen atoms in total. The van der Waals surface area contributed by atoms with E-state index in [0.29, 0.717) is 29.7 Å². The first kappa shape index (κ1) is 27.3. The van der Waals surface area contributed by atoms with Crippen molar-refractivity contribution < 1.29 is 22.4 Å². The average Bonchev–Trinajstić information content (AvgIpc) is 3.20. The molecule has 38 heavy (non-hydrogen) atoms. The molecule has 1 saturated heterocycles. The summed E-state index contributed by atoms with van der Waals surface area (Å²) in [4.78, 5) is 18.6. The van der Waals surface area contributed by atoms with E-state index in [1.807, 2.05) is 11.9 Å². The van der Waals surface area contributed by atoms with Crippen LogP contribution in [0.5, 0.6) is 0 Å². The summed E-state index contributed by atoms with van der Waals surface area (Å²) in [7, 11) is 3.51. The van der Waals surface area contributed by atoms with Crippen LogP contribution in [0.3, 0.4) is 0 Å². The van der Waals surface area contributed by atoms with E-state index < -0.39 is 24.0 Å². The summed E-state index contributed by atoms with van der Waals surface area (Å²) in [5.74, 6) is -0.324. The van der Waals surface area contributed by atoms with Gasteiger partial charge in [-0.15, -0.1) is 0 Å². The van der Waals surface area contributed by atoms with Crippen LogP contribution in [0.4, 0.5) is 23.2 Å². The van der Waals surface area contributed by atoms with E-state index >= 15 is 0 Å². The second kappa shape index (κ2) is 10.9. The molecule has 1 amide bonds. The van der Waals surface area contributed by atoms with Gasteiger partial charge in [0.15, 0.2) is 0 Å². The van der Waals surface area contributed by atoms with Crippen LogP contribution < -0.4 is 10.6 Å². The minimum atomic E-state index is -4.68. The van der Waals surface area contributed by atoms with Crippen molar-refractivity contribution in [2.24, 2.45) is 7.05 Å². The number of rotatable bonds is 7. The van der Waals surface area contributed by atoms with Gasteiger partial charge < -0.3 is 15.5 Å². The summed E-state index contributed by atoms with van der Waals surface area (Å²) >= 11 is 0. The van der Waals surface area contributed by atoms with Gasteiger partial charge in [-0.25, -0.2) is 9.37 Å². The highest BCUT2D eigenvalue weighted by Crippen LogP contribution is 2.37. The zero-order valence-corrected chi connectivity index (χ0v) is 21.4. The molecule has 4 rings (SSSR count). The summed E-state index contributed by atoms with van der Waals surface area (Å²) in [6.07, 6.45) is -0.527. The molecule has 2 aromatic heterocycles. The van der Waals surface area contributed by atoms with Crippen LogP contribution >= 0.6 is 0 Å². The van der Waals surface area contributed by atoms with E-state index in [0.717, 1.165) is 5.56 Å². The Balaban J connectivity index is 1.64. The first-order valence-corrected chi connectivity index (χ1v) is 12.2. The highest BCUT2D eigenvalue weighted by molar-refractivity contribution is 6.01. The number of piperidine rings is 1. The molecule has 202 valence electrons. The summed E-state index contributed by atoms with van der Waals surface area (Å²) in [5.41, 5.74) is 0.541. The molecule has 0 radical (unpaired) electrons. The molecule has 1 aliphatic heterocycles. The number of hydrogen-bond acceptors (Lipinski definition) is 5. The van der Waals surface area contributed by atoms with Gasteiger partial charge in [0.05, 0.1) is 29.2 Å². The Morgan fingerprint density at radius 1 is 1.26 bits per heavy atom. The van der Waals surface area contributed by atoms with Crippen molar-refractivity contribution in [3.8, 4) is 0 Å². The number of hydrogen-bond donors (Lipinski definition) is 2. The number of nitrogens with zero attached hydrogens (tertiary/aromatic N) is 4. The van der Waals surface area contributed by atoms with Crippen molar-refractivity contribution in [2.75, 3.05) is 32.0 Å². The van der Waals surface area contributed by atoms with Crippen molar-refractivity contribution >= 4 is 34.0 Å². The molecule has 2 N–H and O–H groups in total. The maximum absolute atomic E-state index is 14.7.